The molecule has 2 N–H and O–H groups in total. The number of likely N-dealkylation sites (tertiary alicyclic amines) is 1. The number of halogens is 3. The third-order valence-electron chi connectivity index (χ3n) is 3.08. The summed E-state index contributed by atoms with van der Waals surface area (Å²) >= 11 is 0. The molecule has 0 unspecified atom stereocenters. The zero-order valence-electron chi connectivity index (χ0n) is 8.99. The molecule has 1 aliphatic rings. The second-order valence-electron chi connectivity index (χ2n) is 4.21. The van der Waals surface area contributed by atoms with Gasteiger partial charge < -0.3 is 10.2 Å². The van der Waals surface area contributed by atoms with Crippen LogP contribution in [0.1, 0.15) is 12.8 Å². The fraction of sp³-hybridized carbons (Fsp3) is 0.778. The molecule has 1 rings (SSSR count). The highest BCUT2D eigenvalue weighted by atomic mass is 19.4. The lowest BCUT2D eigenvalue weighted by atomic mass is 9.77. The van der Waals surface area contributed by atoms with Crippen molar-refractivity contribution >= 4 is 11.9 Å². The van der Waals surface area contributed by atoms with E-state index >= 15 is 0 Å². The minimum absolute atomic E-state index is 0.0935. The van der Waals surface area contributed by atoms with Crippen molar-refractivity contribution in [2.24, 2.45) is 5.41 Å². The molecule has 1 aliphatic heterocycles. The number of hydrogen-bond donors (Lipinski definition) is 2. The number of hydrogen-bond acceptors (Lipinski definition) is 3. The largest absolute Gasteiger partial charge is 0.481 e. The second kappa shape index (κ2) is 4.17. The molecular formula is C9H12F3NO4. The monoisotopic (exact) mass is 255 g/mol. The summed E-state index contributed by atoms with van der Waals surface area (Å²) < 4.78 is 38.5. The summed E-state index contributed by atoms with van der Waals surface area (Å²) in [5.74, 6) is -3.26. The Morgan fingerprint density at radius 2 is 1.94 bits per heavy atom. The summed E-state index contributed by atoms with van der Waals surface area (Å²) in [6.45, 7) is -0.0935. The third-order valence-corrected chi connectivity index (χ3v) is 3.08. The zero-order valence-corrected chi connectivity index (χ0v) is 8.99. The van der Waals surface area contributed by atoms with E-state index in [2.05, 4.69) is 0 Å². The number of aliphatic carboxylic acids is 2. The first-order valence-corrected chi connectivity index (χ1v) is 4.83. The van der Waals surface area contributed by atoms with Gasteiger partial charge in [-0.15, -0.1) is 0 Å². The van der Waals surface area contributed by atoms with Crippen LogP contribution >= 0.6 is 0 Å². The summed E-state index contributed by atoms with van der Waals surface area (Å²) in [6, 6.07) is -2.26. The molecule has 1 fully saturated rings. The van der Waals surface area contributed by atoms with E-state index in [4.69, 9.17) is 10.2 Å². The Balaban J connectivity index is 3.20. The van der Waals surface area contributed by atoms with Gasteiger partial charge in [0.1, 0.15) is 11.5 Å². The van der Waals surface area contributed by atoms with Gasteiger partial charge in [-0.1, -0.05) is 0 Å². The van der Waals surface area contributed by atoms with E-state index in [0.717, 1.165) is 11.9 Å². The Kier molecular flexibility index (Phi) is 3.37. The number of carboxylic acids is 2. The number of nitrogens with zero attached hydrogens (tertiary/aromatic N) is 1. The molecule has 0 aromatic carbocycles. The highest BCUT2D eigenvalue weighted by molar-refractivity contribution is 5.82. The lowest BCUT2D eigenvalue weighted by molar-refractivity contribution is -0.207. The number of alkyl halides is 3. The lowest BCUT2D eigenvalue weighted by Crippen LogP contribution is -2.53. The van der Waals surface area contributed by atoms with Crippen molar-refractivity contribution in [2.45, 2.75) is 25.1 Å². The average molecular weight is 255 g/mol. The zero-order chi connectivity index (χ0) is 13.4. The van der Waals surface area contributed by atoms with E-state index in [-0.39, 0.29) is 13.0 Å². The van der Waals surface area contributed by atoms with Gasteiger partial charge in [0, 0.05) is 0 Å². The molecule has 8 heteroatoms. The van der Waals surface area contributed by atoms with Gasteiger partial charge >= 0.3 is 18.1 Å². The standard InChI is InChI=1S/C9H12F3NO4/c1-13-3-2-8(7(16)17,4-5(14)15)6(13)9(10,11)12/h6H,2-4H2,1H3,(H,14,15)(H,16,17)/t6-,8-/m1/s1. The Hall–Kier alpha value is -1.31. The van der Waals surface area contributed by atoms with Crippen LogP contribution in [0.5, 0.6) is 0 Å². The minimum atomic E-state index is -4.76. The van der Waals surface area contributed by atoms with Crippen molar-refractivity contribution in [1.82, 2.24) is 4.90 Å². The molecule has 2 atom stereocenters. The summed E-state index contributed by atoms with van der Waals surface area (Å²) in [6.07, 6.45) is -6.12. The van der Waals surface area contributed by atoms with Gasteiger partial charge in [-0.2, -0.15) is 13.2 Å². The van der Waals surface area contributed by atoms with Gasteiger partial charge in [0.15, 0.2) is 0 Å². The predicted molar refractivity (Wildman–Crippen MR) is 49.4 cm³/mol. The molecule has 1 saturated heterocycles. The fourth-order valence-corrected chi connectivity index (χ4v) is 2.38. The van der Waals surface area contributed by atoms with Gasteiger partial charge in [-0.3, -0.25) is 14.5 Å². The van der Waals surface area contributed by atoms with Gasteiger partial charge in [0.25, 0.3) is 0 Å². The molecule has 0 aromatic rings. The Morgan fingerprint density at radius 3 is 2.29 bits per heavy atom. The van der Waals surface area contributed by atoms with E-state index in [0.29, 0.717) is 0 Å². The average Bonchev–Trinajstić information content (AvgIpc) is 2.41. The first-order valence-electron chi connectivity index (χ1n) is 4.83. The highest BCUT2D eigenvalue weighted by Gasteiger charge is 2.63. The molecule has 1 heterocycles. The molecule has 0 amide bonds. The van der Waals surface area contributed by atoms with Crippen LogP contribution in [0.4, 0.5) is 13.2 Å². The van der Waals surface area contributed by atoms with Crippen LogP contribution in [0.3, 0.4) is 0 Å². The van der Waals surface area contributed by atoms with Crippen LogP contribution in [0.25, 0.3) is 0 Å². The summed E-state index contributed by atoms with van der Waals surface area (Å²) in [4.78, 5) is 22.5. The molecule has 0 bridgehead atoms. The van der Waals surface area contributed by atoms with Crippen LogP contribution in [0.2, 0.25) is 0 Å². The molecule has 17 heavy (non-hydrogen) atoms. The quantitative estimate of drug-likeness (QED) is 0.779. The van der Waals surface area contributed by atoms with E-state index in [1.54, 1.807) is 0 Å². The summed E-state index contributed by atoms with van der Waals surface area (Å²) in [5.41, 5.74) is -2.29. The Bertz CT molecular complexity index is 344. The maximum Gasteiger partial charge on any atom is 0.405 e. The van der Waals surface area contributed by atoms with Crippen molar-refractivity contribution in [3.05, 3.63) is 0 Å². The van der Waals surface area contributed by atoms with E-state index < -0.39 is 36.0 Å². The van der Waals surface area contributed by atoms with Crippen LogP contribution < -0.4 is 0 Å². The number of carboxylic acid groups (broad SMARTS) is 2. The van der Waals surface area contributed by atoms with Crippen molar-refractivity contribution in [3.8, 4) is 0 Å². The third kappa shape index (κ3) is 2.36. The first kappa shape index (κ1) is 13.8. The van der Waals surface area contributed by atoms with Crippen LogP contribution in [-0.4, -0.2) is 52.9 Å². The summed E-state index contributed by atoms with van der Waals surface area (Å²) in [7, 11) is 1.14. The van der Waals surface area contributed by atoms with E-state index in [9.17, 15) is 22.8 Å². The van der Waals surface area contributed by atoms with Gasteiger partial charge in [0.2, 0.25) is 0 Å². The number of carbonyl (C=O) groups is 2. The second-order valence-corrected chi connectivity index (χ2v) is 4.21. The topological polar surface area (TPSA) is 77.8 Å². The first-order chi connectivity index (χ1) is 7.61. The lowest BCUT2D eigenvalue weighted by Gasteiger charge is -2.33. The van der Waals surface area contributed by atoms with Gasteiger partial charge in [0.05, 0.1) is 6.42 Å². The Morgan fingerprint density at radius 1 is 1.41 bits per heavy atom. The van der Waals surface area contributed by atoms with Crippen molar-refractivity contribution in [3.63, 3.8) is 0 Å². The SMILES string of the molecule is CN1CC[C@](CC(=O)O)(C(=O)O)[C@@H]1C(F)(F)F. The van der Waals surface area contributed by atoms with Gasteiger partial charge in [-0.05, 0) is 20.0 Å². The minimum Gasteiger partial charge on any atom is -0.481 e. The maximum atomic E-state index is 12.8. The normalized spacial score (nSPS) is 30.5. The molecule has 0 saturated carbocycles. The molecule has 0 aliphatic carbocycles. The van der Waals surface area contributed by atoms with Crippen molar-refractivity contribution < 1.29 is 33.0 Å². The van der Waals surface area contributed by atoms with Crippen LogP contribution in [0, 0.1) is 5.41 Å². The fourth-order valence-electron chi connectivity index (χ4n) is 2.38. The van der Waals surface area contributed by atoms with E-state index in [1.807, 2.05) is 0 Å². The smallest absolute Gasteiger partial charge is 0.405 e. The predicted octanol–water partition coefficient (Wildman–Crippen LogP) is 0.798. The number of rotatable bonds is 3. The maximum absolute atomic E-state index is 12.8. The molecular weight excluding hydrogens is 243 g/mol. The van der Waals surface area contributed by atoms with Crippen molar-refractivity contribution in [2.75, 3.05) is 13.6 Å². The Labute approximate surface area is 94.8 Å². The molecule has 0 spiro atoms. The van der Waals surface area contributed by atoms with Gasteiger partial charge in [-0.25, -0.2) is 0 Å². The molecule has 0 aromatic heterocycles. The molecule has 0 radical (unpaired) electrons. The van der Waals surface area contributed by atoms with Crippen LogP contribution in [0.15, 0.2) is 0 Å². The summed E-state index contributed by atoms with van der Waals surface area (Å²) in [5, 5.41) is 17.6. The molecule has 5 nitrogen and oxygen atoms in total. The highest BCUT2D eigenvalue weighted by Crippen LogP contribution is 2.47. The van der Waals surface area contributed by atoms with Crippen molar-refractivity contribution in [1.29, 1.82) is 0 Å². The van der Waals surface area contributed by atoms with E-state index in [1.165, 1.54) is 0 Å². The molecule has 98 valence electrons. The van der Waals surface area contributed by atoms with Crippen LogP contribution in [-0.2, 0) is 9.59 Å².